The fourth-order valence-corrected chi connectivity index (χ4v) is 7.63. The molecule has 0 fully saturated rings. The first-order valence-electron chi connectivity index (χ1n) is 17.7. The highest BCUT2D eigenvalue weighted by molar-refractivity contribution is 5.88. The van der Waals surface area contributed by atoms with Gasteiger partial charge in [0.25, 0.3) is 0 Å². The molecule has 0 unspecified atom stereocenters. The summed E-state index contributed by atoms with van der Waals surface area (Å²) in [6, 6.07) is 73.0. The molecule has 1 aliphatic carbocycles. The summed E-state index contributed by atoms with van der Waals surface area (Å²) in [5, 5.41) is 0. The summed E-state index contributed by atoms with van der Waals surface area (Å²) in [7, 11) is 2.13. The van der Waals surface area contributed by atoms with E-state index < -0.39 is 0 Å². The van der Waals surface area contributed by atoms with Gasteiger partial charge in [-0.1, -0.05) is 164 Å². The van der Waals surface area contributed by atoms with E-state index in [4.69, 9.17) is 0 Å². The lowest BCUT2D eigenvalue weighted by Gasteiger charge is -2.21. The highest BCUT2D eigenvalue weighted by Gasteiger charge is 2.31. The molecule has 0 saturated carbocycles. The van der Waals surface area contributed by atoms with Gasteiger partial charge in [0.05, 0.1) is 0 Å². The van der Waals surface area contributed by atoms with E-state index in [1.54, 1.807) is 0 Å². The number of anilines is 2. The van der Waals surface area contributed by atoms with Crippen molar-refractivity contribution in [1.29, 1.82) is 0 Å². The number of rotatable bonds is 7. The summed E-state index contributed by atoms with van der Waals surface area (Å²) in [6.07, 6.45) is 0. The van der Waals surface area contributed by atoms with Crippen LogP contribution in [0, 0.1) is 0 Å². The van der Waals surface area contributed by atoms with Gasteiger partial charge in [-0.2, -0.15) is 0 Å². The molecule has 0 amide bonds. The van der Waals surface area contributed by atoms with E-state index in [0.717, 1.165) is 0 Å². The molecule has 0 atom stereocenters. The van der Waals surface area contributed by atoms with E-state index in [9.17, 15) is 0 Å². The Morgan fingerprint density at radius 1 is 0.314 bits per heavy atom. The first kappa shape index (κ1) is 30.6. The maximum absolute atomic E-state index is 2.41. The summed E-state index contributed by atoms with van der Waals surface area (Å²) >= 11 is 0. The molecule has 9 rings (SSSR count). The highest BCUT2D eigenvalue weighted by atomic mass is 15.1. The largest absolute Gasteiger partial charge is 0.345 e. The molecule has 8 aromatic rings. The Balaban J connectivity index is 1.11. The van der Waals surface area contributed by atoms with Crippen LogP contribution in [0.15, 0.2) is 200 Å². The summed E-state index contributed by atoms with van der Waals surface area (Å²) in [5.41, 5.74) is 18.8. The Morgan fingerprint density at radius 3 is 1.08 bits per heavy atom. The van der Waals surface area contributed by atoms with Gasteiger partial charge in [0, 0.05) is 24.3 Å². The SMILES string of the molecule is CN(c1ccccc1)c1ccc(C2c3ccc(-c4ccc(-c5ccccc5)cc4)cc3-c3cc(-c4ccc(-c5ccccc5)cc4)ccc32)cc1. The maximum Gasteiger partial charge on any atom is 0.0408 e. The molecular weight excluding hydrogens is 615 g/mol. The van der Waals surface area contributed by atoms with Crippen molar-refractivity contribution in [3.8, 4) is 55.6 Å². The average Bonchev–Trinajstić information content (AvgIpc) is 3.55. The van der Waals surface area contributed by atoms with Crippen LogP contribution in [0.3, 0.4) is 0 Å². The summed E-state index contributed by atoms with van der Waals surface area (Å²) < 4.78 is 0. The van der Waals surface area contributed by atoms with Crippen LogP contribution in [0.2, 0.25) is 0 Å². The van der Waals surface area contributed by atoms with Crippen LogP contribution in [0.25, 0.3) is 55.6 Å². The predicted molar refractivity (Wildman–Crippen MR) is 216 cm³/mol. The molecule has 242 valence electrons. The van der Waals surface area contributed by atoms with E-state index >= 15 is 0 Å². The molecule has 0 radical (unpaired) electrons. The number of hydrogen-bond acceptors (Lipinski definition) is 1. The zero-order valence-corrected chi connectivity index (χ0v) is 28.6. The van der Waals surface area contributed by atoms with Crippen molar-refractivity contribution in [2.24, 2.45) is 0 Å². The number of fused-ring (bicyclic) bond motifs is 3. The normalized spacial score (nSPS) is 11.9. The Hall–Kier alpha value is -6.44. The Kier molecular flexibility index (Phi) is 7.87. The van der Waals surface area contributed by atoms with Gasteiger partial charge in [0.2, 0.25) is 0 Å². The van der Waals surface area contributed by atoms with Crippen molar-refractivity contribution in [2.75, 3.05) is 11.9 Å². The molecule has 0 saturated heterocycles. The van der Waals surface area contributed by atoms with Crippen molar-refractivity contribution in [3.63, 3.8) is 0 Å². The summed E-state index contributed by atoms with van der Waals surface area (Å²) in [5.74, 6) is 0.162. The lowest BCUT2D eigenvalue weighted by Crippen LogP contribution is -2.09. The first-order valence-corrected chi connectivity index (χ1v) is 17.7. The fourth-order valence-electron chi connectivity index (χ4n) is 7.63. The second kappa shape index (κ2) is 13.1. The quantitative estimate of drug-likeness (QED) is 0.166. The van der Waals surface area contributed by atoms with Gasteiger partial charge in [-0.05, 0) is 109 Å². The van der Waals surface area contributed by atoms with Gasteiger partial charge >= 0.3 is 0 Å². The predicted octanol–water partition coefficient (Wildman–Crippen LogP) is 13.3. The van der Waals surface area contributed by atoms with Gasteiger partial charge in [0.1, 0.15) is 0 Å². The number of para-hydroxylation sites is 1. The van der Waals surface area contributed by atoms with Gasteiger partial charge in [0.15, 0.2) is 0 Å². The molecule has 1 aliphatic rings. The molecular formula is C50H37N. The molecule has 0 heterocycles. The minimum atomic E-state index is 0.162. The lowest BCUT2D eigenvalue weighted by molar-refractivity contribution is 1.01. The van der Waals surface area contributed by atoms with Crippen LogP contribution in [-0.4, -0.2) is 7.05 Å². The number of benzene rings is 8. The van der Waals surface area contributed by atoms with Crippen LogP contribution < -0.4 is 4.90 Å². The third kappa shape index (κ3) is 5.83. The first-order chi connectivity index (χ1) is 25.2. The van der Waals surface area contributed by atoms with Crippen molar-refractivity contribution < 1.29 is 0 Å². The lowest BCUT2D eigenvalue weighted by atomic mass is 9.88. The van der Waals surface area contributed by atoms with Crippen LogP contribution in [0.4, 0.5) is 11.4 Å². The van der Waals surface area contributed by atoms with Crippen molar-refractivity contribution in [1.82, 2.24) is 0 Å². The van der Waals surface area contributed by atoms with Gasteiger partial charge in [-0.3, -0.25) is 0 Å². The molecule has 0 aliphatic heterocycles. The second-order valence-corrected chi connectivity index (χ2v) is 13.4. The van der Waals surface area contributed by atoms with Crippen LogP contribution in [-0.2, 0) is 0 Å². The molecule has 1 nitrogen and oxygen atoms in total. The Bertz CT molecular complexity index is 2300. The molecule has 0 spiro atoms. The van der Waals surface area contributed by atoms with E-state index in [2.05, 4.69) is 212 Å². The van der Waals surface area contributed by atoms with E-state index in [0.29, 0.717) is 0 Å². The molecule has 0 aromatic heterocycles. The molecule has 0 bridgehead atoms. The maximum atomic E-state index is 2.41. The minimum absolute atomic E-state index is 0.162. The highest BCUT2D eigenvalue weighted by Crippen LogP contribution is 2.50. The van der Waals surface area contributed by atoms with Gasteiger partial charge in [-0.25, -0.2) is 0 Å². The Morgan fingerprint density at radius 2 is 0.647 bits per heavy atom. The zero-order valence-electron chi connectivity index (χ0n) is 28.6. The van der Waals surface area contributed by atoms with E-state index in [1.165, 1.54) is 83.7 Å². The van der Waals surface area contributed by atoms with Gasteiger partial charge in [-0.15, -0.1) is 0 Å². The average molecular weight is 652 g/mol. The minimum Gasteiger partial charge on any atom is -0.345 e. The second-order valence-electron chi connectivity index (χ2n) is 13.4. The standard InChI is InChI=1S/C50H37N/c1-51(44-15-9-4-10-16-44)45-29-25-41(26-30-45)50-46-31-27-42(39-21-17-37(18-22-39)35-11-5-2-6-12-35)33-48(46)49-34-43(28-32-47(49)50)40-23-19-38(20-24-40)36-13-7-3-8-14-36/h2-34,50H,1H3. The smallest absolute Gasteiger partial charge is 0.0408 e. The summed E-state index contributed by atoms with van der Waals surface area (Å²) in [6.45, 7) is 0. The zero-order chi connectivity index (χ0) is 34.1. The molecule has 8 aromatic carbocycles. The van der Waals surface area contributed by atoms with Crippen LogP contribution in [0.5, 0.6) is 0 Å². The van der Waals surface area contributed by atoms with Crippen molar-refractivity contribution >= 4 is 11.4 Å². The molecule has 1 heteroatoms. The third-order valence-electron chi connectivity index (χ3n) is 10.4. The molecule has 51 heavy (non-hydrogen) atoms. The van der Waals surface area contributed by atoms with Gasteiger partial charge < -0.3 is 4.90 Å². The van der Waals surface area contributed by atoms with Crippen LogP contribution in [0.1, 0.15) is 22.6 Å². The van der Waals surface area contributed by atoms with Crippen molar-refractivity contribution in [2.45, 2.75) is 5.92 Å². The number of nitrogens with zero attached hydrogens (tertiary/aromatic N) is 1. The summed E-state index contributed by atoms with van der Waals surface area (Å²) in [4.78, 5) is 2.24. The van der Waals surface area contributed by atoms with E-state index in [-0.39, 0.29) is 5.92 Å². The van der Waals surface area contributed by atoms with Crippen LogP contribution >= 0.6 is 0 Å². The number of hydrogen-bond donors (Lipinski definition) is 0. The topological polar surface area (TPSA) is 3.24 Å². The third-order valence-corrected chi connectivity index (χ3v) is 10.4. The fraction of sp³-hybridized carbons (Fsp3) is 0.0400. The van der Waals surface area contributed by atoms with Crippen molar-refractivity contribution in [3.05, 3.63) is 217 Å². The monoisotopic (exact) mass is 651 g/mol. The molecule has 0 N–H and O–H groups in total. The van der Waals surface area contributed by atoms with E-state index in [1.807, 2.05) is 0 Å². The Labute approximate surface area is 300 Å².